The van der Waals surface area contributed by atoms with Crippen LogP contribution in [0.3, 0.4) is 0 Å². The van der Waals surface area contributed by atoms with Crippen molar-refractivity contribution in [2.75, 3.05) is 31.6 Å². The van der Waals surface area contributed by atoms with Crippen molar-refractivity contribution in [3.63, 3.8) is 0 Å². The minimum atomic E-state index is 0.484. The number of anilines is 1. The van der Waals surface area contributed by atoms with Crippen molar-refractivity contribution in [3.8, 4) is 0 Å². The summed E-state index contributed by atoms with van der Waals surface area (Å²) in [6, 6.07) is 9.29. The summed E-state index contributed by atoms with van der Waals surface area (Å²) in [6.45, 7) is 5.45. The molecule has 0 radical (unpaired) electrons. The summed E-state index contributed by atoms with van der Waals surface area (Å²) >= 11 is 0. The summed E-state index contributed by atoms with van der Waals surface area (Å²) in [5.74, 6) is 2.31. The largest absolute Gasteiger partial charge is 0.355 e. The molecule has 6 nitrogen and oxygen atoms in total. The third-order valence-electron chi connectivity index (χ3n) is 5.93. The Morgan fingerprint density at radius 1 is 1.12 bits per heavy atom. The fourth-order valence-corrected chi connectivity index (χ4v) is 4.82. The van der Waals surface area contributed by atoms with Crippen LogP contribution < -0.4 is 4.90 Å². The number of aromatic amines is 1. The molecule has 0 spiro atoms. The molecule has 2 aliphatic heterocycles. The van der Waals surface area contributed by atoms with Crippen molar-refractivity contribution in [1.29, 1.82) is 0 Å². The van der Waals surface area contributed by atoms with Crippen LogP contribution in [0.15, 0.2) is 36.8 Å². The molecule has 128 valence electrons. The van der Waals surface area contributed by atoms with E-state index in [0.29, 0.717) is 17.9 Å². The molecule has 2 aromatic heterocycles. The number of aromatic nitrogens is 4. The van der Waals surface area contributed by atoms with Crippen LogP contribution >= 0.6 is 0 Å². The van der Waals surface area contributed by atoms with E-state index in [1.54, 1.807) is 6.33 Å². The quantitative estimate of drug-likeness (QED) is 0.780. The molecule has 2 fully saturated rings. The second kappa shape index (κ2) is 5.52. The van der Waals surface area contributed by atoms with Crippen LogP contribution in [0, 0.1) is 18.8 Å². The standard InChI is InChI=1S/C19H22N6/c1-12-5-3-4-6-14(12)17-16-10-25(9-13(16)8-24(17)2)19-15-7-22-23-18(15)20-11-21-19/h3-7,11,13,16-17H,8-10H2,1-2H3,(H,20,21,22,23)/t13-,16+,17+/m0/s1. The molecule has 6 heteroatoms. The molecule has 5 rings (SSSR count). The molecule has 0 saturated carbocycles. The maximum atomic E-state index is 4.56. The third-order valence-corrected chi connectivity index (χ3v) is 5.93. The predicted molar refractivity (Wildman–Crippen MR) is 97.4 cm³/mol. The number of benzene rings is 1. The van der Waals surface area contributed by atoms with Gasteiger partial charge in [-0.1, -0.05) is 24.3 Å². The first kappa shape index (κ1) is 14.8. The predicted octanol–water partition coefficient (Wildman–Crippen LogP) is 2.40. The molecule has 0 unspecified atom stereocenters. The van der Waals surface area contributed by atoms with Gasteiger partial charge >= 0.3 is 0 Å². The maximum Gasteiger partial charge on any atom is 0.160 e. The summed E-state index contributed by atoms with van der Waals surface area (Å²) in [5.41, 5.74) is 3.67. The molecule has 0 bridgehead atoms. The molecule has 4 heterocycles. The van der Waals surface area contributed by atoms with Gasteiger partial charge < -0.3 is 4.90 Å². The Morgan fingerprint density at radius 2 is 2.00 bits per heavy atom. The Balaban J connectivity index is 1.49. The number of aryl methyl sites for hydroxylation is 1. The smallest absolute Gasteiger partial charge is 0.160 e. The van der Waals surface area contributed by atoms with Crippen molar-refractivity contribution in [2.24, 2.45) is 11.8 Å². The van der Waals surface area contributed by atoms with E-state index >= 15 is 0 Å². The van der Waals surface area contributed by atoms with Gasteiger partial charge in [-0.05, 0) is 31.0 Å². The lowest BCUT2D eigenvalue weighted by Crippen LogP contribution is -2.29. The van der Waals surface area contributed by atoms with Gasteiger partial charge in [-0.2, -0.15) is 5.10 Å². The molecule has 2 saturated heterocycles. The van der Waals surface area contributed by atoms with E-state index in [4.69, 9.17) is 0 Å². The van der Waals surface area contributed by atoms with E-state index in [0.717, 1.165) is 36.5 Å². The van der Waals surface area contributed by atoms with E-state index in [2.05, 4.69) is 68.2 Å². The number of nitrogens with one attached hydrogen (secondary N) is 1. The van der Waals surface area contributed by atoms with Crippen molar-refractivity contribution in [1.82, 2.24) is 25.1 Å². The number of H-pyrrole nitrogens is 1. The lowest BCUT2D eigenvalue weighted by molar-refractivity contribution is 0.279. The summed E-state index contributed by atoms with van der Waals surface area (Å²) < 4.78 is 0. The van der Waals surface area contributed by atoms with Gasteiger partial charge in [0.1, 0.15) is 12.1 Å². The SMILES string of the molecule is Cc1ccccc1[C@@H]1[C@@H]2CN(c3ncnc4[nH]ncc34)C[C@@H]2CN1C. The average molecular weight is 334 g/mol. The number of rotatable bonds is 2. The summed E-state index contributed by atoms with van der Waals surface area (Å²) in [4.78, 5) is 13.8. The molecule has 1 aromatic carbocycles. The van der Waals surface area contributed by atoms with Crippen LogP contribution in [0.25, 0.3) is 11.0 Å². The highest BCUT2D eigenvalue weighted by molar-refractivity contribution is 5.86. The second-order valence-electron chi connectivity index (χ2n) is 7.40. The molecule has 0 aliphatic carbocycles. The third kappa shape index (κ3) is 2.24. The highest BCUT2D eigenvalue weighted by Gasteiger charge is 2.47. The Morgan fingerprint density at radius 3 is 2.88 bits per heavy atom. The molecule has 3 atom stereocenters. The van der Waals surface area contributed by atoms with Gasteiger partial charge in [-0.3, -0.25) is 10.00 Å². The van der Waals surface area contributed by atoms with Gasteiger partial charge in [-0.15, -0.1) is 0 Å². The first-order valence-electron chi connectivity index (χ1n) is 8.87. The Kier molecular flexibility index (Phi) is 3.28. The minimum absolute atomic E-state index is 0.484. The number of hydrogen-bond donors (Lipinski definition) is 1. The number of likely N-dealkylation sites (tertiary alicyclic amines) is 1. The molecule has 3 aromatic rings. The molecule has 1 N–H and O–H groups in total. The van der Waals surface area contributed by atoms with Gasteiger partial charge in [0.25, 0.3) is 0 Å². The van der Waals surface area contributed by atoms with Crippen LogP contribution in [0.2, 0.25) is 0 Å². The highest BCUT2D eigenvalue weighted by atomic mass is 15.3. The van der Waals surface area contributed by atoms with Crippen LogP contribution in [0.4, 0.5) is 5.82 Å². The second-order valence-corrected chi connectivity index (χ2v) is 7.40. The van der Waals surface area contributed by atoms with E-state index in [1.165, 1.54) is 11.1 Å². The zero-order valence-electron chi connectivity index (χ0n) is 14.6. The van der Waals surface area contributed by atoms with Gasteiger partial charge in [0.15, 0.2) is 5.65 Å². The lowest BCUT2D eigenvalue weighted by atomic mass is 9.88. The van der Waals surface area contributed by atoms with Crippen molar-refractivity contribution in [3.05, 3.63) is 47.9 Å². The van der Waals surface area contributed by atoms with E-state index in [9.17, 15) is 0 Å². The van der Waals surface area contributed by atoms with Crippen LogP contribution in [0.1, 0.15) is 17.2 Å². The normalized spacial score (nSPS) is 26.5. The van der Waals surface area contributed by atoms with Gasteiger partial charge in [0, 0.05) is 31.6 Å². The minimum Gasteiger partial charge on any atom is -0.355 e. The summed E-state index contributed by atoms with van der Waals surface area (Å²) in [6.07, 6.45) is 3.47. The number of fused-ring (bicyclic) bond motifs is 2. The first-order valence-corrected chi connectivity index (χ1v) is 8.87. The monoisotopic (exact) mass is 334 g/mol. The zero-order valence-corrected chi connectivity index (χ0v) is 14.6. The molecule has 25 heavy (non-hydrogen) atoms. The summed E-state index contributed by atoms with van der Waals surface area (Å²) in [7, 11) is 2.26. The zero-order chi connectivity index (χ0) is 17.0. The van der Waals surface area contributed by atoms with E-state index in [-0.39, 0.29) is 0 Å². The van der Waals surface area contributed by atoms with E-state index < -0.39 is 0 Å². The van der Waals surface area contributed by atoms with E-state index in [1.807, 2.05) is 6.20 Å². The van der Waals surface area contributed by atoms with Crippen molar-refractivity contribution >= 4 is 16.9 Å². The Labute approximate surface area is 146 Å². The number of nitrogens with zero attached hydrogens (tertiary/aromatic N) is 5. The van der Waals surface area contributed by atoms with Gasteiger partial charge in [0.05, 0.1) is 11.6 Å². The molecule has 2 aliphatic rings. The van der Waals surface area contributed by atoms with Gasteiger partial charge in [0.2, 0.25) is 0 Å². The highest BCUT2D eigenvalue weighted by Crippen LogP contribution is 2.46. The van der Waals surface area contributed by atoms with Crippen molar-refractivity contribution < 1.29 is 0 Å². The fourth-order valence-electron chi connectivity index (χ4n) is 4.82. The van der Waals surface area contributed by atoms with Crippen LogP contribution in [-0.2, 0) is 0 Å². The van der Waals surface area contributed by atoms with Gasteiger partial charge in [-0.25, -0.2) is 9.97 Å². The van der Waals surface area contributed by atoms with Crippen LogP contribution in [-0.4, -0.2) is 51.7 Å². The molecule has 0 amide bonds. The Bertz CT molecular complexity index is 919. The average Bonchev–Trinajstić information content (AvgIpc) is 3.29. The topological polar surface area (TPSA) is 60.9 Å². The lowest BCUT2D eigenvalue weighted by Gasteiger charge is -2.28. The summed E-state index contributed by atoms with van der Waals surface area (Å²) in [5, 5.41) is 8.09. The maximum absolute atomic E-state index is 4.56. The first-order chi connectivity index (χ1) is 12.2. The van der Waals surface area contributed by atoms with Crippen molar-refractivity contribution in [2.45, 2.75) is 13.0 Å². The Hall–Kier alpha value is -2.47. The molecular formula is C19H22N6. The molecular weight excluding hydrogens is 312 g/mol. The van der Waals surface area contributed by atoms with Crippen LogP contribution in [0.5, 0.6) is 0 Å². The number of hydrogen-bond acceptors (Lipinski definition) is 5. The fraction of sp³-hybridized carbons (Fsp3) is 0.421.